The van der Waals surface area contributed by atoms with Crippen LogP contribution in [0.4, 0.5) is 0 Å². The van der Waals surface area contributed by atoms with E-state index in [2.05, 4.69) is 0 Å². The molecular weight excluding hydrogens is 396 g/mol. The summed E-state index contributed by atoms with van der Waals surface area (Å²) in [7, 11) is 0. The zero-order valence-corrected chi connectivity index (χ0v) is 12.4. The minimum atomic E-state index is 0. The minimum Gasteiger partial charge on any atom is -0.870 e. The molecule has 0 aromatic carbocycles. The van der Waals surface area contributed by atoms with Crippen molar-refractivity contribution in [3.63, 3.8) is 0 Å². The summed E-state index contributed by atoms with van der Waals surface area (Å²) >= 11 is 0. The first kappa shape index (κ1) is 29.7. The van der Waals surface area contributed by atoms with Gasteiger partial charge in [0.15, 0.2) is 0 Å². The average Bonchev–Trinajstić information content (AvgIpc) is 0. The van der Waals surface area contributed by atoms with Gasteiger partial charge >= 0.3 is 48.9 Å². The molecule has 0 fully saturated rings. The van der Waals surface area contributed by atoms with Crippen LogP contribution in [-0.4, -0.2) is 54.4 Å². The van der Waals surface area contributed by atoms with Crippen molar-refractivity contribution in [3.8, 4) is 0 Å². The van der Waals surface area contributed by atoms with Crippen molar-refractivity contribution < 1.29 is 43.3 Å². The second-order valence-electron chi connectivity index (χ2n) is 0. The first-order valence-electron chi connectivity index (χ1n) is 0. The average molecular weight is 398 g/mol. The summed E-state index contributed by atoms with van der Waals surface area (Å²) in [4.78, 5) is 0. The molecular formula is H2BaCoOW. The first-order chi connectivity index (χ1) is 0. The minimum absolute atomic E-state index is 0. The molecule has 0 aromatic heterocycles. The molecule has 4 heavy (non-hydrogen) atoms. The van der Waals surface area contributed by atoms with Crippen LogP contribution >= 0.6 is 0 Å². The van der Waals surface area contributed by atoms with Gasteiger partial charge in [-0.1, -0.05) is 0 Å². The first-order valence-corrected chi connectivity index (χ1v) is 0. The summed E-state index contributed by atoms with van der Waals surface area (Å²) in [6.45, 7) is 0. The third-order valence-corrected chi connectivity index (χ3v) is 0. The van der Waals surface area contributed by atoms with E-state index >= 15 is 0 Å². The third kappa shape index (κ3) is 8.83. The molecule has 0 amide bonds. The Hall–Kier alpha value is 2.73. The number of hydrogen-bond donors (Lipinski definition) is 0. The Morgan fingerprint density at radius 2 is 1.00 bits per heavy atom. The van der Waals surface area contributed by atoms with E-state index in [1.807, 2.05) is 0 Å². The summed E-state index contributed by atoms with van der Waals surface area (Å²) in [5.41, 5.74) is 0. The second-order valence-corrected chi connectivity index (χ2v) is 0. The van der Waals surface area contributed by atoms with E-state index < -0.39 is 0 Å². The zero-order valence-electron chi connectivity index (χ0n) is 2.19. The summed E-state index contributed by atoms with van der Waals surface area (Å²) in [5.74, 6) is 0. The van der Waals surface area contributed by atoms with Gasteiger partial charge in [-0.15, -0.1) is 0 Å². The molecule has 0 aliphatic carbocycles. The van der Waals surface area contributed by atoms with Crippen molar-refractivity contribution >= 4 is 48.9 Å². The molecule has 0 bridgehead atoms. The smallest absolute Gasteiger partial charge is 0 e. The Labute approximate surface area is 90.1 Å². The van der Waals surface area contributed by atoms with Crippen LogP contribution in [0.5, 0.6) is 0 Å². The van der Waals surface area contributed by atoms with Gasteiger partial charge in [0.1, 0.15) is 0 Å². The van der Waals surface area contributed by atoms with Gasteiger partial charge in [-0.3, -0.25) is 0 Å². The summed E-state index contributed by atoms with van der Waals surface area (Å²) < 4.78 is 0. The van der Waals surface area contributed by atoms with E-state index in [4.69, 9.17) is 0 Å². The van der Waals surface area contributed by atoms with E-state index in [9.17, 15) is 0 Å². The van der Waals surface area contributed by atoms with Crippen molar-refractivity contribution in [1.29, 1.82) is 0 Å². The summed E-state index contributed by atoms with van der Waals surface area (Å²) in [5, 5.41) is 0. The molecule has 25 valence electrons. The van der Waals surface area contributed by atoms with Crippen LogP contribution in [-0.2, 0) is 37.8 Å². The molecule has 0 aromatic rings. The van der Waals surface area contributed by atoms with Crippen LogP contribution in [0.2, 0.25) is 0 Å². The Kier molecular flexibility index (Phi) is 128. The maximum atomic E-state index is 0. The van der Waals surface area contributed by atoms with Crippen molar-refractivity contribution in [2.75, 3.05) is 0 Å². The van der Waals surface area contributed by atoms with Gasteiger partial charge in [0.25, 0.3) is 0 Å². The molecule has 1 nitrogen and oxygen atoms in total. The molecule has 0 saturated heterocycles. The van der Waals surface area contributed by atoms with Crippen molar-refractivity contribution in [3.05, 3.63) is 0 Å². The molecule has 0 unspecified atom stereocenters. The Morgan fingerprint density at radius 3 is 1.00 bits per heavy atom. The standard InChI is InChI=1S/Ba.Co.H2O.W.H/h;;1H2;;/q+1;;;;/p-1. The van der Waals surface area contributed by atoms with E-state index in [-0.39, 0.29) is 92.2 Å². The van der Waals surface area contributed by atoms with Gasteiger partial charge < -0.3 is 5.48 Å². The fraction of sp³-hybridized carbons (Fsp3) is 0. The van der Waals surface area contributed by atoms with Crippen LogP contribution in [0.1, 0.15) is 0 Å². The maximum Gasteiger partial charge on any atom is 0 e. The van der Waals surface area contributed by atoms with Gasteiger partial charge in [-0.2, -0.15) is 0 Å². The van der Waals surface area contributed by atoms with Crippen LogP contribution < -0.4 is 0 Å². The topological polar surface area (TPSA) is 30.0 Å². The Morgan fingerprint density at radius 1 is 1.00 bits per heavy atom. The number of hydrogen-bond acceptors (Lipinski definition) is 1. The summed E-state index contributed by atoms with van der Waals surface area (Å²) in [6.07, 6.45) is 0. The van der Waals surface area contributed by atoms with Crippen molar-refractivity contribution in [2.45, 2.75) is 0 Å². The summed E-state index contributed by atoms with van der Waals surface area (Å²) in [6, 6.07) is 0. The van der Waals surface area contributed by atoms with Gasteiger partial charge in [-0.05, 0) is 0 Å². The van der Waals surface area contributed by atoms with Gasteiger partial charge in [0.05, 0.1) is 0 Å². The molecule has 0 saturated carbocycles. The van der Waals surface area contributed by atoms with Gasteiger partial charge in [0.2, 0.25) is 0 Å². The molecule has 0 aliphatic heterocycles. The van der Waals surface area contributed by atoms with Crippen molar-refractivity contribution in [1.82, 2.24) is 0 Å². The predicted molar refractivity (Wildman–Crippen MR) is 9.08 cm³/mol. The third-order valence-electron chi connectivity index (χ3n) is 0. The molecule has 4 heteroatoms. The molecule has 0 heterocycles. The van der Waals surface area contributed by atoms with Gasteiger partial charge in [0, 0.05) is 37.8 Å². The van der Waals surface area contributed by atoms with E-state index in [1.54, 1.807) is 0 Å². The zero-order chi connectivity index (χ0) is 0. The van der Waals surface area contributed by atoms with E-state index in [0.717, 1.165) is 0 Å². The second kappa shape index (κ2) is 17.2. The molecule has 0 atom stereocenters. The number of rotatable bonds is 0. The van der Waals surface area contributed by atoms with Crippen LogP contribution in [0, 0.1) is 0 Å². The van der Waals surface area contributed by atoms with E-state index in [0.29, 0.717) is 0 Å². The van der Waals surface area contributed by atoms with Crippen molar-refractivity contribution in [2.24, 2.45) is 0 Å². The quantitative estimate of drug-likeness (QED) is 0.491. The monoisotopic (exact) mass is 399 g/mol. The van der Waals surface area contributed by atoms with Gasteiger partial charge in [-0.25, -0.2) is 0 Å². The van der Waals surface area contributed by atoms with Crippen LogP contribution in [0.3, 0.4) is 0 Å². The fourth-order valence-electron chi connectivity index (χ4n) is 0. The molecule has 1 radical (unpaired) electrons. The molecule has 0 rings (SSSR count). The fourth-order valence-corrected chi connectivity index (χ4v) is 0. The molecule has 1 N–H and O–H groups in total. The van der Waals surface area contributed by atoms with Crippen LogP contribution in [0.25, 0.3) is 0 Å². The largest absolute Gasteiger partial charge is 0.870 e. The molecule has 0 spiro atoms. The normalized spacial score (nSPS) is 0. The molecule has 0 aliphatic rings. The maximum absolute atomic E-state index is 0. The predicted octanol–water partition coefficient (Wildman–Crippen LogP) is -0.830. The van der Waals surface area contributed by atoms with E-state index in [1.165, 1.54) is 0 Å². The SMILES string of the molecule is [BaH+].[Co].[OH-].[W]. The van der Waals surface area contributed by atoms with Crippen LogP contribution in [0.15, 0.2) is 0 Å². The Balaban J connectivity index is 0. The Bertz CT molecular complexity index is 8.00.